The number of hydrogen-bond acceptors (Lipinski definition) is 4. The molecule has 3 atom stereocenters. The van der Waals surface area contributed by atoms with Crippen LogP contribution in [-0.4, -0.2) is 44.3 Å². The Morgan fingerprint density at radius 1 is 1.19 bits per heavy atom. The lowest BCUT2D eigenvalue weighted by Crippen LogP contribution is -2.40. The van der Waals surface area contributed by atoms with Gasteiger partial charge in [-0.15, -0.1) is 0 Å². The zero-order valence-electron chi connectivity index (χ0n) is 13.3. The summed E-state index contributed by atoms with van der Waals surface area (Å²) < 4.78 is 10.9. The van der Waals surface area contributed by atoms with Crippen LogP contribution in [0.1, 0.15) is 37.8 Å². The van der Waals surface area contributed by atoms with Crippen LogP contribution in [0.25, 0.3) is 0 Å². The highest BCUT2D eigenvalue weighted by molar-refractivity contribution is 5.42. The number of hydrogen-bond donors (Lipinski definition) is 1. The van der Waals surface area contributed by atoms with Gasteiger partial charge in [-0.2, -0.15) is 0 Å². The van der Waals surface area contributed by atoms with Crippen molar-refractivity contribution in [1.29, 1.82) is 0 Å². The van der Waals surface area contributed by atoms with Gasteiger partial charge in [-0.3, -0.25) is 4.90 Å². The van der Waals surface area contributed by atoms with Gasteiger partial charge in [0.05, 0.1) is 14.2 Å². The van der Waals surface area contributed by atoms with Crippen molar-refractivity contribution in [3.05, 3.63) is 23.8 Å². The van der Waals surface area contributed by atoms with E-state index in [1.165, 1.54) is 37.9 Å². The summed E-state index contributed by atoms with van der Waals surface area (Å²) in [6.45, 7) is 4.74. The van der Waals surface area contributed by atoms with E-state index in [4.69, 9.17) is 9.47 Å². The molecule has 2 fully saturated rings. The number of ether oxygens (including phenoxy) is 2. The molecule has 3 rings (SSSR count). The Hall–Kier alpha value is -1.26. The number of fused-ring (bicyclic) bond motifs is 1. The van der Waals surface area contributed by atoms with Gasteiger partial charge in [-0.25, -0.2) is 0 Å². The zero-order valence-corrected chi connectivity index (χ0v) is 13.3. The van der Waals surface area contributed by atoms with Crippen LogP contribution in [0.5, 0.6) is 11.5 Å². The van der Waals surface area contributed by atoms with Crippen molar-refractivity contribution < 1.29 is 9.47 Å². The first-order valence-corrected chi connectivity index (χ1v) is 7.95. The van der Waals surface area contributed by atoms with E-state index < -0.39 is 0 Å². The molecule has 3 unspecified atom stereocenters. The molecule has 0 radical (unpaired) electrons. The minimum Gasteiger partial charge on any atom is -0.497 e. The van der Waals surface area contributed by atoms with Gasteiger partial charge in [-0.05, 0) is 50.9 Å². The fraction of sp³-hybridized carbons (Fsp3) is 0.647. The van der Waals surface area contributed by atoms with Crippen molar-refractivity contribution >= 4 is 0 Å². The highest BCUT2D eigenvalue weighted by Gasteiger charge is 2.37. The van der Waals surface area contributed by atoms with Crippen molar-refractivity contribution in [2.45, 2.75) is 44.3 Å². The Morgan fingerprint density at radius 3 is 2.81 bits per heavy atom. The Morgan fingerprint density at radius 2 is 2.05 bits per heavy atom. The third kappa shape index (κ3) is 2.87. The molecule has 0 spiro atoms. The second-order valence-electron chi connectivity index (χ2n) is 6.14. The molecule has 116 valence electrons. The van der Waals surface area contributed by atoms with E-state index in [1.54, 1.807) is 14.2 Å². The molecule has 0 amide bonds. The van der Waals surface area contributed by atoms with Crippen molar-refractivity contribution in [2.24, 2.45) is 0 Å². The topological polar surface area (TPSA) is 33.7 Å². The second kappa shape index (κ2) is 6.24. The predicted octanol–water partition coefficient (Wildman–Crippen LogP) is 2.59. The average molecular weight is 290 g/mol. The SMILES string of the molecule is COc1ccc(OC)c(C(C)NC2CCN3CCCC23)c1. The van der Waals surface area contributed by atoms with E-state index in [-0.39, 0.29) is 6.04 Å². The van der Waals surface area contributed by atoms with Crippen molar-refractivity contribution in [2.75, 3.05) is 27.3 Å². The number of benzene rings is 1. The lowest BCUT2D eigenvalue weighted by Gasteiger charge is -2.26. The summed E-state index contributed by atoms with van der Waals surface area (Å²) in [6, 6.07) is 7.60. The van der Waals surface area contributed by atoms with E-state index in [0.717, 1.165) is 17.5 Å². The summed E-state index contributed by atoms with van der Waals surface area (Å²) in [5, 5.41) is 3.82. The predicted molar refractivity (Wildman–Crippen MR) is 84.1 cm³/mol. The van der Waals surface area contributed by atoms with Gasteiger partial charge in [0.2, 0.25) is 0 Å². The molecule has 1 aromatic rings. The molecule has 0 bridgehead atoms. The number of nitrogens with zero attached hydrogens (tertiary/aromatic N) is 1. The molecule has 2 aliphatic heterocycles. The maximum Gasteiger partial charge on any atom is 0.123 e. The maximum absolute atomic E-state index is 5.51. The first kappa shape index (κ1) is 14.7. The molecule has 2 heterocycles. The first-order valence-electron chi connectivity index (χ1n) is 7.95. The summed E-state index contributed by atoms with van der Waals surface area (Å²) >= 11 is 0. The van der Waals surface area contributed by atoms with Gasteiger partial charge in [0, 0.05) is 30.2 Å². The third-order valence-corrected chi connectivity index (χ3v) is 4.97. The number of methoxy groups -OCH3 is 2. The summed E-state index contributed by atoms with van der Waals surface area (Å²) in [5.41, 5.74) is 1.17. The lowest BCUT2D eigenvalue weighted by atomic mass is 10.0. The first-order chi connectivity index (χ1) is 10.2. The van der Waals surface area contributed by atoms with Gasteiger partial charge in [0.25, 0.3) is 0 Å². The maximum atomic E-state index is 5.51. The molecule has 21 heavy (non-hydrogen) atoms. The summed E-state index contributed by atoms with van der Waals surface area (Å²) in [4.78, 5) is 2.63. The highest BCUT2D eigenvalue weighted by atomic mass is 16.5. The second-order valence-corrected chi connectivity index (χ2v) is 6.14. The van der Waals surface area contributed by atoms with E-state index >= 15 is 0 Å². The molecular formula is C17H26N2O2. The molecule has 0 saturated carbocycles. The standard InChI is InChI=1S/C17H26N2O2/c1-12(14-11-13(20-2)6-7-17(14)21-3)18-15-8-10-19-9-4-5-16(15)19/h6-7,11-12,15-16,18H,4-5,8-10H2,1-3H3. The summed E-state index contributed by atoms with van der Waals surface area (Å²) in [5.74, 6) is 1.81. The van der Waals surface area contributed by atoms with Gasteiger partial charge < -0.3 is 14.8 Å². The van der Waals surface area contributed by atoms with Gasteiger partial charge in [-0.1, -0.05) is 0 Å². The average Bonchev–Trinajstić information content (AvgIpc) is 3.11. The third-order valence-electron chi connectivity index (χ3n) is 4.97. The lowest BCUT2D eigenvalue weighted by molar-refractivity contribution is 0.290. The van der Waals surface area contributed by atoms with Crippen LogP contribution in [-0.2, 0) is 0 Å². The van der Waals surface area contributed by atoms with E-state index in [0.29, 0.717) is 6.04 Å². The van der Waals surface area contributed by atoms with E-state index in [9.17, 15) is 0 Å². The van der Waals surface area contributed by atoms with Crippen LogP contribution in [0.15, 0.2) is 18.2 Å². The van der Waals surface area contributed by atoms with Crippen LogP contribution in [0.4, 0.5) is 0 Å². The Bertz CT molecular complexity index is 492. The normalized spacial score (nSPS) is 26.6. The summed E-state index contributed by atoms with van der Waals surface area (Å²) in [7, 11) is 3.43. The van der Waals surface area contributed by atoms with Crippen LogP contribution >= 0.6 is 0 Å². The van der Waals surface area contributed by atoms with Crippen LogP contribution in [0.3, 0.4) is 0 Å². The van der Waals surface area contributed by atoms with Crippen molar-refractivity contribution in [3.8, 4) is 11.5 Å². The largest absolute Gasteiger partial charge is 0.497 e. The fourth-order valence-electron chi connectivity index (χ4n) is 3.87. The molecule has 0 aromatic heterocycles. The van der Waals surface area contributed by atoms with Crippen molar-refractivity contribution in [1.82, 2.24) is 10.2 Å². The molecule has 1 aromatic carbocycles. The quantitative estimate of drug-likeness (QED) is 0.904. The number of rotatable bonds is 5. The molecule has 4 nitrogen and oxygen atoms in total. The molecular weight excluding hydrogens is 264 g/mol. The van der Waals surface area contributed by atoms with Crippen molar-refractivity contribution in [3.63, 3.8) is 0 Å². The molecule has 2 saturated heterocycles. The Balaban J connectivity index is 1.74. The fourth-order valence-corrected chi connectivity index (χ4v) is 3.87. The van der Waals surface area contributed by atoms with Gasteiger partial charge >= 0.3 is 0 Å². The van der Waals surface area contributed by atoms with Crippen LogP contribution in [0.2, 0.25) is 0 Å². The van der Waals surface area contributed by atoms with Crippen LogP contribution in [0, 0.1) is 0 Å². The zero-order chi connectivity index (χ0) is 14.8. The van der Waals surface area contributed by atoms with Crippen LogP contribution < -0.4 is 14.8 Å². The Labute approximate surface area is 127 Å². The molecule has 1 N–H and O–H groups in total. The molecule has 4 heteroatoms. The number of nitrogens with one attached hydrogen (secondary N) is 1. The molecule has 0 aliphatic carbocycles. The smallest absolute Gasteiger partial charge is 0.123 e. The van der Waals surface area contributed by atoms with E-state index in [1.807, 2.05) is 12.1 Å². The Kier molecular flexibility index (Phi) is 4.36. The monoisotopic (exact) mass is 290 g/mol. The van der Waals surface area contributed by atoms with E-state index in [2.05, 4.69) is 23.2 Å². The minimum atomic E-state index is 0.264. The summed E-state index contributed by atoms with van der Waals surface area (Å²) in [6.07, 6.45) is 3.93. The highest BCUT2D eigenvalue weighted by Crippen LogP contribution is 2.33. The molecule has 2 aliphatic rings. The van der Waals surface area contributed by atoms with Gasteiger partial charge in [0.15, 0.2) is 0 Å². The minimum absolute atomic E-state index is 0.264. The van der Waals surface area contributed by atoms with Gasteiger partial charge in [0.1, 0.15) is 11.5 Å².